The summed E-state index contributed by atoms with van der Waals surface area (Å²) in [4.78, 5) is 12.6. The van der Waals surface area contributed by atoms with E-state index in [2.05, 4.69) is 55.6 Å². The highest BCUT2D eigenvalue weighted by Crippen LogP contribution is 2.18. The Kier molecular flexibility index (Phi) is 56.2. The number of nitrogens with one attached hydrogen (secondary N) is 1. The Morgan fingerprint density at radius 1 is 0.348 bits per heavy atom. The first-order chi connectivity index (χ1) is 34.0. The molecule has 0 aromatic rings. The minimum atomic E-state index is -1.29. The van der Waals surface area contributed by atoms with Gasteiger partial charge in [0.25, 0.3) is 0 Å². The summed E-state index contributed by atoms with van der Waals surface area (Å²) in [6.07, 6.45) is 72.4. The van der Waals surface area contributed by atoms with E-state index in [1.165, 1.54) is 257 Å². The molecule has 0 radical (unpaired) electrons. The average molecular weight is 973 g/mol. The van der Waals surface area contributed by atoms with Gasteiger partial charge >= 0.3 is 0 Å². The molecule has 4 atom stereocenters. The Morgan fingerprint density at radius 3 is 0.913 bits per heavy atom. The molecule has 0 fully saturated rings. The number of unbranched alkanes of at least 4 members (excludes halogenated alkanes) is 42. The topological polar surface area (TPSA) is 110 Å². The van der Waals surface area contributed by atoms with Crippen LogP contribution in [-0.2, 0) is 4.79 Å². The van der Waals surface area contributed by atoms with Gasteiger partial charge in [0.1, 0.15) is 12.2 Å². The zero-order valence-electron chi connectivity index (χ0n) is 46.3. The average Bonchev–Trinajstić information content (AvgIpc) is 3.35. The lowest BCUT2D eigenvalue weighted by atomic mass is 10.00. The second kappa shape index (κ2) is 57.4. The number of amides is 1. The lowest BCUT2D eigenvalue weighted by Gasteiger charge is -2.27. The largest absolute Gasteiger partial charge is 0.394 e. The lowest BCUT2D eigenvalue weighted by molar-refractivity contribution is -0.132. The van der Waals surface area contributed by atoms with E-state index in [0.717, 1.165) is 38.5 Å². The summed E-state index contributed by atoms with van der Waals surface area (Å²) in [6.45, 7) is 4.07. The fourth-order valence-electron chi connectivity index (χ4n) is 9.71. The Hall–Kier alpha value is -1.47. The summed E-state index contributed by atoms with van der Waals surface area (Å²) in [5.74, 6) is -0.593. The molecule has 0 aromatic heterocycles. The van der Waals surface area contributed by atoms with E-state index in [4.69, 9.17) is 0 Å². The lowest BCUT2D eigenvalue weighted by Crippen LogP contribution is -2.53. The van der Waals surface area contributed by atoms with Crippen molar-refractivity contribution < 1.29 is 25.2 Å². The van der Waals surface area contributed by atoms with E-state index in [9.17, 15) is 25.2 Å². The summed E-state index contributed by atoms with van der Waals surface area (Å²) < 4.78 is 0. The highest BCUT2D eigenvalue weighted by molar-refractivity contribution is 5.80. The molecule has 0 aliphatic carbocycles. The first kappa shape index (κ1) is 67.5. The van der Waals surface area contributed by atoms with Crippen LogP contribution >= 0.6 is 0 Å². The van der Waals surface area contributed by atoms with Crippen LogP contribution in [0.4, 0.5) is 0 Å². The third-order valence-corrected chi connectivity index (χ3v) is 14.6. The molecule has 69 heavy (non-hydrogen) atoms. The molecular formula is C63H121NO5. The van der Waals surface area contributed by atoms with Crippen molar-refractivity contribution in [1.82, 2.24) is 5.32 Å². The maximum atomic E-state index is 12.6. The number of hydrogen-bond acceptors (Lipinski definition) is 5. The highest BCUT2D eigenvalue weighted by atomic mass is 16.3. The molecule has 0 saturated heterocycles. The maximum absolute atomic E-state index is 12.6. The fourth-order valence-corrected chi connectivity index (χ4v) is 9.71. The SMILES string of the molecule is CCCCCCCCCCCC/C=C/CC/C=C/CCCC(O)C(O)C(CO)NC(=O)C(O)CCCCCCCCCCCCCCCCCC/C=C\CCCCCCCCCCCCCCCC. The summed E-state index contributed by atoms with van der Waals surface area (Å²) in [5.41, 5.74) is 0. The Balaban J connectivity index is 3.59. The Labute approximate surface area is 430 Å². The highest BCUT2D eigenvalue weighted by Gasteiger charge is 2.28. The number of carbonyl (C=O) groups is 1. The number of hydrogen-bond donors (Lipinski definition) is 5. The van der Waals surface area contributed by atoms with Crippen LogP contribution in [-0.4, -0.2) is 57.3 Å². The standard InChI is InChI=1S/C63H121NO5/c1-3-5-7-9-11-13-15-17-19-21-23-24-25-26-27-28-29-30-31-32-33-34-35-36-37-39-41-43-45-47-49-51-53-55-57-61(67)63(69)64-59(58-65)62(68)60(66)56-54-52-50-48-46-44-42-40-38-22-20-18-16-14-12-10-8-6-4-2/h28-29,40,42,48,50,59-62,65-68H,3-27,30-39,41,43-47,49,51-58H2,1-2H3,(H,64,69)/b29-28-,42-40+,50-48+. The predicted molar refractivity (Wildman–Crippen MR) is 302 cm³/mol. The van der Waals surface area contributed by atoms with Gasteiger partial charge in [0.05, 0.1) is 18.8 Å². The van der Waals surface area contributed by atoms with Gasteiger partial charge in [-0.05, 0) is 77.0 Å². The second-order valence-electron chi connectivity index (χ2n) is 21.4. The molecule has 5 N–H and O–H groups in total. The maximum Gasteiger partial charge on any atom is 0.249 e. The van der Waals surface area contributed by atoms with E-state index >= 15 is 0 Å². The van der Waals surface area contributed by atoms with Crippen LogP contribution in [0.3, 0.4) is 0 Å². The third kappa shape index (κ3) is 51.2. The first-order valence-corrected chi connectivity index (χ1v) is 30.9. The van der Waals surface area contributed by atoms with E-state index in [0.29, 0.717) is 19.3 Å². The molecule has 0 heterocycles. The summed E-state index contributed by atoms with van der Waals surface area (Å²) in [7, 11) is 0. The van der Waals surface area contributed by atoms with Gasteiger partial charge in [0.2, 0.25) is 5.91 Å². The molecule has 0 aliphatic heterocycles. The van der Waals surface area contributed by atoms with Crippen LogP contribution < -0.4 is 5.32 Å². The van der Waals surface area contributed by atoms with Crippen molar-refractivity contribution >= 4 is 5.91 Å². The summed E-state index contributed by atoms with van der Waals surface area (Å²) in [6, 6.07) is -1.01. The number of aliphatic hydroxyl groups excluding tert-OH is 4. The molecule has 0 aliphatic rings. The van der Waals surface area contributed by atoms with Gasteiger partial charge < -0.3 is 25.7 Å². The molecule has 408 valence electrons. The van der Waals surface area contributed by atoms with Crippen LogP contribution in [0.2, 0.25) is 0 Å². The van der Waals surface area contributed by atoms with Crippen molar-refractivity contribution in [1.29, 1.82) is 0 Å². The molecule has 1 amide bonds. The van der Waals surface area contributed by atoms with Crippen molar-refractivity contribution in [2.75, 3.05) is 6.61 Å². The minimum Gasteiger partial charge on any atom is -0.394 e. The number of aliphatic hydroxyl groups is 4. The summed E-state index contributed by atoms with van der Waals surface area (Å²) >= 11 is 0. The van der Waals surface area contributed by atoms with Gasteiger partial charge in [-0.25, -0.2) is 0 Å². The minimum absolute atomic E-state index is 0.362. The van der Waals surface area contributed by atoms with Gasteiger partial charge in [0.15, 0.2) is 0 Å². The fraction of sp³-hybridized carbons (Fsp3) is 0.889. The van der Waals surface area contributed by atoms with Crippen molar-refractivity contribution in [2.24, 2.45) is 0 Å². The third-order valence-electron chi connectivity index (χ3n) is 14.6. The number of carbonyl (C=O) groups excluding carboxylic acids is 1. The van der Waals surface area contributed by atoms with Crippen LogP contribution in [0.1, 0.15) is 328 Å². The van der Waals surface area contributed by atoms with Gasteiger partial charge in [-0.3, -0.25) is 4.79 Å². The zero-order chi connectivity index (χ0) is 50.2. The molecule has 0 bridgehead atoms. The van der Waals surface area contributed by atoms with Gasteiger partial charge in [-0.15, -0.1) is 0 Å². The normalized spacial score (nSPS) is 13.9. The van der Waals surface area contributed by atoms with Crippen LogP contribution in [0.15, 0.2) is 36.5 Å². The van der Waals surface area contributed by atoms with Gasteiger partial charge in [-0.2, -0.15) is 0 Å². The van der Waals surface area contributed by atoms with Crippen molar-refractivity contribution in [2.45, 2.75) is 353 Å². The van der Waals surface area contributed by atoms with E-state index in [1.807, 2.05) is 0 Å². The molecule has 6 heteroatoms. The number of allylic oxidation sites excluding steroid dienone is 6. The second-order valence-corrected chi connectivity index (χ2v) is 21.4. The van der Waals surface area contributed by atoms with E-state index < -0.39 is 36.9 Å². The molecule has 4 unspecified atom stereocenters. The Morgan fingerprint density at radius 2 is 0.609 bits per heavy atom. The summed E-state index contributed by atoms with van der Waals surface area (Å²) in [5, 5.41) is 44.0. The van der Waals surface area contributed by atoms with Gasteiger partial charge in [0, 0.05) is 0 Å². The molecule has 0 saturated carbocycles. The Bertz CT molecular complexity index is 1090. The molecule has 0 rings (SSSR count). The monoisotopic (exact) mass is 972 g/mol. The smallest absolute Gasteiger partial charge is 0.249 e. The first-order valence-electron chi connectivity index (χ1n) is 30.9. The molecule has 6 nitrogen and oxygen atoms in total. The number of rotatable bonds is 57. The van der Waals surface area contributed by atoms with Crippen LogP contribution in [0.5, 0.6) is 0 Å². The van der Waals surface area contributed by atoms with Crippen LogP contribution in [0, 0.1) is 0 Å². The quantitative estimate of drug-likeness (QED) is 0.0308. The predicted octanol–water partition coefficient (Wildman–Crippen LogP) is 18.4. The van der Waals surface area contributed by atoms with Crippen molar-refractivity contribution in [3.05, 3.63) is 36.5 Å². The van der Waals surface area contributed by atoms with E-state index in [1.54, 1.807) is 0 Å². The van der Waals surface area contributed by atoms with Crippen LogP contribution in [0.25, 0.3) is 0 Å². The zero-order valence-corrected chi connectivity index (χ0v) is 46.3. The van der Waals surface area contributed by atoms with Crippen molar-refractivity contribution in [3.8, 4) is 0 Å². The van der Waals surface area contributed by atoms with Gasteiger partial charge in [-0.1, -0.05) is 288 Å². The van der Waals surface area contributed by atoms with Crippen molar-refractivity contribution in [3.63, 3.8) is 0 Å². The van der Waals surface area contributed by atoms with E-state index in [-0.39, 0.29) is 0 Å². The molecular weight excluding hydrogens is 851 g/mol. The molecule has 0 spiro atoms. The molecule has 0 aromatic carbocycles.